The van der Waals surface area contributed by atoms with Gasteiger partial charge in [-0.15, -0.1) is 0 Å². The zero-order valence-corrected chi connectivity index (χ0v) is 9.96. The van der Waals surface area contributed by atoms with E-state index < -0.39 is 6.09 Å². The van der Waals surface area contributed by atoms with Gasteiger partial charge >= 0.3 is 6.09 Å². The molecule has 1 aliphatic heterocycles. The lowest BCUT2D eigenvalue weighted by molar-refractivity contribution is -0.140. The molecule has 0 spiro atoms. The molecule has 4 atom stereocenters. The van der Waals surface area contributed by atoms with E-state index in [0.29, 0.717) is 0 Å². The molecule has 0 aromatic rings. The van der Waals surface area contributed by atoms with Gasteiger partial charge in [0.25, 0.3) is 0 Å². The van der Waals surface area contributed by atoms with Crippen molar-refractivity contribution < 1.29 is 19.1 Å². The first-order chi connectivity index (χ1) is 8.63. The van der Waals surface area contributed by atoms with Crippen LogP contribution < -0.4 is 5.32 Å². The summed E-state index contributed by atoms with van der Waals surface area (Å²) in [4.78, 5) is 36.4. The number of fused-ring (bicyclic) bond motifs is 5. The summed E-state index contributed by atoms with van der Waals surface area (Å²) in [6.45, 7) is -0.100. The third-order valence-corrected chi connectivity index (χ3v) is 4.13. The SMILES string of the molecule is COC(=O)NCN1C(=O)[C@@H]2[C@H](C1=O)[C@H]1C=C[C@H]2C1. The molecule has 0 aromatic carbocycles. The van der Waals surface area contributed by atoms with Gasteiger partial charge in [0.05, 0.1) is 18.9 Å². The molecule has 6 nitrogen and oxygen atoms in total. The number of allylic oxidation sites excluding steroid dienone is 2. The predicted molar refractivity (Wildman–Crippen MR) is 60.0 cm³/mol. The molecule has 96 valence electrons. The Hall–Kier alpha value is -1.85. The van der Waals surface area contributed by atoms with E-state index in [2.05, 4.69) is 10.1 Å². The summed E-state index contributed by atoms with van der Waals surface area (Å²) >= 11 is 0. The maximum Gasteiger partial charge on any atom is 0.408 e. The number of amides is 3. The summed E-state index contributed by atoms with van der Waals surface area (Å²) in [5, 5.41) is 2.38. The largest absolute Gasteiger partial charge is 0.453 e. The number of ether oxygens (including phenoxy) is 1. The fraction of sp³-hybridized carbons (Fsp3) is 0.583. The van der Waals surface area contributed by atoms with E-state index in [4.69, 9.17) is 0 Å². The van der Waals surface area contributed by atoms with Crippen LogP contribution in [-0.4, -0.2) is 36.6 Å². The number of carbonyl (C=O) groups is 3. The van der Waals surface area contributed by atoms with Crippen molar-refractivity contribution in [1.29, 1.82) is 0 Å². The quantitative estimate of drug-likeness (QED) is 0.557. The summed E-state index contributed by atoms with van der Waals surface area (Å²) in [5.41, 5.74) is 0. The molecule has 3 rings (SSSR count). The summed E-state index contributed by atoms with van der Waals surface area (Å²) in [6.07, 6.45) is 4.34. The van der Waals surface area contributed by atoms with Gasteiger partial charge in [-0.2, -0.15) is 0 Å². The van der Waals surface area contributed by atoms with Crippen molar-refractivity contribution in [3.05, 3.63) is 12.2 Å². The monoisotopic (exact) mass is 250 g/mol. The molecule has 2 fully saturated rings. The first-order valence-corrected chi connectivity index (χ1v) is 5.99. The van der Waals surface area contributed by atoms with Crippen molar-refractivity contribution >= 4 is 17.9 Å². The first kappa shape index (κ1) is 11.3. The van der Waals surface area contributed by atoms with E-state index in [0.717, 1.165) is 11.3 Å². The highest BCUT2D eigenvalue weighted by Gasteiger charge is 2.59. The lowest BCUT2D eigenvalue weighted by atomic mass is 9.85. The summed E-state index contributed by atoms with van der Waals surface area (Å²) < 4.78 is 4.42. The Morgan fingerprint density at radius 3 is 2.39 bits per heavy atom. The van der Waals surface area contributed by atoms with E-state index in [9.17, 15) is 14.4 Å². The van der Waals surface area contributed by atoms with Crippen molar-refractivity contribution in [1.82, 2.24) is 10.2 Å². The van der Waals surface area contributed by atoms with Gasteiger partial charge in [-0.3, -0.25) is 14.5 Å². The Balaban J connectivity index is 1.74. The van der Waals surface area contributed by atoms with Gasteiger partial charge in [0.2, 0.25) is 11.8 Å². The number of imide groups is 1. The van der Waals surface area contributed by atoms with E-state index in [1.54, 1.807) is 0 Å². The van der Waals surface area contributed by atoms with Crippen LogP contribution in [0.2, 0.25) is 0 Å². The second-order valence-electron chi connectivity index (χ2n) is 4.93. The molecular weight excluding hydrogens is 236 g/mol. The van der Waals surface area contributed by atoms with Gasteiger partial charge in [-0.1, -0.05) is 12.2 Å². The number of hydrogen-bond donors (Lipinski definition) is 1. The Bertz CT molecular complexity index is 429. The smallest absolute Gasteiger partial charge is 0.408 e. The Labute approximate surface area is 104 Å². The number of likely N-dealkylation sites (tertiary alicyclic amines) is 1. The molecule has 3 amide bonds. The number of methoxy groups -OCH3 is 1. The highest BCUT2D eigenvalue weighted by molar-refractivity contribution is 6.06. The zero-order valence-electron chi connectivity index (χ0n) is 9.96. The lowest BCUT2D eigenvalue weighted by Crippen LogP contribution is -2.42. The van der Waals surface area contributed by atoms with Crippen molar-refractivity contribution in [2.24, 2.45) is 23.7 Å². The number of carbonyl (C=O) groups excluding carboxylic acids is 3. The van der Waals surface area contributed by atoms with Gasteiger partial charge in [0.1, 0.15) is 6.67 Å². The number of hydrogen-bond acceptors (Lipinski definition) is 4. The fourth-order valence-electron chi connectivity index (χ4n) is 3.34. The van der Waals surface area contributed by atoms with Crippen LogP contribution in [0.1, 0.15) is 6.42 Å². The van der Waals surface area contributed by atoms with Gasteiger partial charge < -0.3 is 10.1 Å². The zero-order chi connectivity index (χ0) is 12.9. The van der Waals surface area contributed by atoms with Gasteiger partial charge in [-0.25, -0.2) is 4.79 Å². The molecule has 6 heteroatoms. The Morgan fingerprint density at radius 2 is 1.89 bits per heavy atom. The highest BCUT2D eigenvalue weighted by Crippen LogP contribution is 2.52. The third kappa shape index (κ3) is 1.38. The first-order valence-electron chi connectivity index (χ1n) is 5.99. The highest BCUT2D eigenvalue weighted by atomic mass is 16.5. The average molecular weight is 250 g/mol. The normalized spacial score (nSPS) is 36.2. The van der Waals surface area contributed by atoms with Crippen molar-refractivity contribution in [2.45, 2.75) is 6.42 Å². The number of nitrogens with one attached hydrogen (secondary N) is 1. The van der Waals surface area contributed by atoms with Crippen molar-refractivity contribution in [3.8, 4) is 0 Å². The summed E-state index contributed by atoms with van der Waals surface area (Å²) in [6, 6.07) is 0. The fourth-order valence-corrected chi connectivity index (χ4v) is 3.34. The minimum absolute atomic E-state index is 0.100. The van der Waals surface area contributed by atoms with Crippen LogP contribution >= 0.6 is 0 Å². The van der Waals surface area contributed by atoms with E-state index >= 15 is 0 Å². The number of nitrogens with zero attached hydrogens (tertiary/aromatic N) is 1. The number of alkyl carbamates (subject to hydrolysis) is 1. The summed E-state index contributed by atoms with van der Waals surface area (Å²) in [5.74, 6) is -0.380. The molecule has 3 aliphatic rings. The molecule has 0 unspecified atom stereocenters. The predicted octanol–water partition coefficient (Wildman–Crippen LogP) is 0.107. The minimum Gasteiger partial charge on any atom is -0.453 e. The van der Waals surface area contributed by atoms with E-state index in [-0.39, 0.29) is 42.2 Å². The Kier molecular flexibility index (Phi) is 2.39. The van der Waals surface area contributed by atoms with Crippen LogP contribution in [0.15, 0.2) is 12.2 Å². The van der Waals surface area contributed by atoms with Gasteiger partial charge in [0.15, 0.2) is 0 Å². The minimum atomic E-state index is -0.645. The topological polar surface area (TPSA) is 75.7 Å². The van der Waals surface area contributed by atoms with Crippen LogP contribution in [0.3, 0.4) is 0 Å². The standard InChI is InChI=1S/C12H14N2O4/c1-18-12(17)13-5-14-10(15)8-6-2-3-7(4-6)9(8)11(14)16/h2-3,6-9H,4-5H2,1H3,(H,13,17)/t6-,7-,8-,9+/m0/s1. The molecule has 0 aromatic heterocycles. The second-order valence-corrected chi connectivity index (χ2v) is 4.93. The second kappa shape index (κ2) is 3.83. The average Bonchev–Trinajstić information content (AvgIpc) is 3.02. The third-order valence-electron chi connectivity index (χ3n) is 4.13. The molecule has 1 heterocycles. The van der Waals surface area contributed by atoms with Gasteiger partial charge in [0, 0.05) is 0 Å². The van der Waals surface area contributed by atoms with Crippen LogP contribution in [0.5, 0.6) is 0 Å². The molecule has 1 N–H and O–H groups in total. The van der Waals surface area contributed by atoms with Crippen molar-refractivity contribution in [3.63, 3.8) is 0 Å². The van der Waals surface area contributed by atoms with E-state index in [1.807, 2.05) is 12.2 Å². The maximum atomic E-state index is 12.2. The van der Waals surface area contributed by atoms with Crippen LogP contribution in [-0.2, 0) is 14.3 Å². The summed E-state index contributed by atoms with van der Waals surface area (Å²) in [7, 11) is 1.24. The van der Waals surface area contributed by atoms with Crippen LogP contribution in [0.4, 0.5) is 4.79 Å². The molecule has 2 bridgehead atoms. The van der Waals surface area contributed by atoms with Gasteiger partial charge in [-0.05, 0) is 18.3 Å². The lowest BCUT2D eigenvalue weighted by Gasteiger charge is -2.17. The molecule has 18 heavy (non-hydrogen) atoms. The van der Waals surface area contributed by atoms with Crippen LogP contribution in [0, 0.1) is 23.7 Å². The molecular formula is C12H14N2O4. The number of rotatable bonds is 2. The molecule has 0 radical (unpaired) electrons. The maximum absolute atomic E-state index is 12.2. The molecule has 1 saturated heterocycles. The molecule has 1 saturated carbocycles. The van der Waals surface area contributed by atoms with Crippen LogP contribution in [0.25, 0.3) is 0 Å². The van der Waals surface area contributed by atoms with Crippen molar-refractivity contribution in [2.75, 3.05) is 13.8 Å². The molecule has 2 aliphatic carbocycles. The Morgan fingerprint density at radius 1 is 1.33 bits per heavy atom. The van der Waals surface area contributed by atoms with E-state index in [1.165, 1.54) is 7.11 Å².